The molecule has 1 aliphatic rings. The molecule has 0 atom stereocenters. The maximum absolute atomic E-state index is 10.2. The molecule has 3 rings (SSSR count). The highest BCUT2D eigenvalue weighted by molar-refractivity contribution is 5.41. The second-order valence-electron chi connectivity index (χ2n) is 6.11. The van der Waals surface area contributed by atoms with Gasteiger partial charge in [0.25, 0.3) is 0 Å². The molecule has 0 saturated carbocycles. The minimum absolute atomic E-state index is 0.312. The molecule has 1 fully saturated rings. The minimum atomic E-state index is -0.504. The van der Waals surface area contributed by atoms with Crippen molar-refractivity contribution in [1.29, 1.82) is 0 Å². The molecule has 0 unspecified atom stereocenters. The number of β-amino-alcohol motifs (C(OH)–C–C–N with tert-alkyl or cyclic N) is 1. The zero-order valence-electron chi connectivity index (χ0n) is 11.8. The Morgan fingerprint density at radius 1 is 1.32 bits per heavy atom. The summed E-state index contributed by atoms with van der Waals surface area (Å²) in [5.74, 6) is 0.312. The van der Waals surface area contributed by atoms with Crippen LogP contribution in [0.3, 0.4) is 0 Å². The maximum Gasteiger partial charge on any atom is 0.137 e. The first kappa shape index (κ1) is 12.6. The Morgan fingerprint density at radius 3 is 2.74 bits per heavy atom. The fourth-order valence-electron chi connectivity index (χ4n) is 2.67. The molecule has 2 aromatic rings. The van der Waals surface area contributed by atoms with Crippen LogP contribution in [0.25, 0.3) is 5.65 Å². The Bertz CT molecular complexity index is 596. The van der Waals surface area contributed by atoms with E-state index in [-0.39, 0.29) is 0 Å². The minimum Gasteiger partial charge on any atom is -0.387 e. The summed E-state index contributed by atoms with van der Waals surface area (Å²) in [5, 5.41) is 10.2. The monoisotopic (exact) mass is 259 g/mol. The van der Waals surface area contributed by atoms with Crippen LogP contribution in [-0.4, -0.2) is 38.1 Å². The van der Waals surface area contributed by atoms with E-state index in [2.05, 4.69) is 53.5 Å². The molecule has 2 aromatic heterocycles. The number of imidazole rings is 1. The second-order valence-corrected chi connectivity index (χ2v) is 6.11. The van der Waals surface area contributed by atoms with Crippen LogP contribution in [0.1, 0.15) is 25.1 Å². The molecule has 1 N–H and O–H groups in total. The van der Waals surface area contributed by atoms with Crippen LogP contribution >= 0.6 is 0 Å². The molecule has 4 nitrogen and oxygen atoms in total. The molecule has 0 radical (unpaired) electrons. The van der Waals surface area contributed by atoms with Crippen LogP contribution in [0, 0.1) is 12.8 Å². The van der Waals surface area contributed by atoms with E-state index in [0.29, 0.717) is 5.92 Å². The Hall–Kier alpha value is -1.39. The van der Waals surface area contributed by atoms with E-state index in [9.17, 15) is 5.11 Å². The van der Waals surface area contributed by atoms with Crippen molar-refractivity contribution < 1.29 is 5.11 Å². The summed E-state index contributed by atoms with van der Waals surface area (Å²) in [6.07, 6.45) is 4.17. The van der Waals surface area contributed by atoms with Crippen LogP contribution in [0.15, 0.2) is 24.5 Å². The average Bonchev–Trinajstić information content (AvgIpc) is 2.67. The molecular formula is C15H21N3O. The molecule has 0 aliphatic carbocycles. The third-order valence-corrected chi connectivity index (χ3v) is 4.10. The lowest BCUT2D eigenvalue weighted by molar-refractivity contribution is -0.131. The van der Waals surface area contributed by atoms with Crippen molar-refractivity contribution in [2.45, 2.75) is 32.9 Å². The van der Waals surface area contributed by atoms with Crippen molar-refractivity contribution >= 4 is 5.65 Å². The number of nitrogens with zero attached hydrogens (tertiary/aromatic N) is 3. The molecule has 3 heterocycles. The standard InChI is InChI=1S/C15H21N3O/c1-11(2)15(19)9-17(10-15)7-13-8-18-6-12(3)4-5-14(18)16-13/h4-6,8,11,19H,7,9-10H2,1-3H3. The van der Waals surface area contributed by atoms with Crippen LogP contribution in [0.5, 0.6) is 0 Å². The molecule has 4 heteroatoms. The van der Waals surface area contributed by atoms with Gasteiger partial charge in [-0.15, -0.1) is 0 Å². The predicted octanol–water partition coefficient (Wildman–Crippen LogP) is 1.85. The summed E-state index contributed by atoms with van der Waals surface area (Å²) in [4.78, 5) is 6.85. The van der Waals surface area contributed by atoms with Gasteiger partial charge in [-0.1, -0.05) is 19.9 Å². The molecule has 0 bridgehead atoms. The summed E-state index contributed by atoms with van der Waals surface area (Å²) < 4.78 is 2.07. The van der Waals surface area contributed by atoms with Gasteiger partial charge in [-0.2, -0.15) is 0 Å². The van der Waals surface area contributed by atoms with Gasteiger partial charge in [0.15, 0.2) is 0 Å². The molecule has 1 aliphatic heterocycles. The van der Waals surface area contributed by atoms with Crippen molar-refractivity contribution in [2.24, 2.45) is 5.92 Å². The van der Waals surface area contributed by atoms with E-state index < -0.39 is 5.60 Å². The van der Waals surface area contributed by atoms with Gasteiger partial charge in [-0.25, -0.2) is 4.98 Å². The van der Waals surface area contributed by atoms with Crippen LogP contribution < -0.4 is 0 Å². The molecule has 0 aromatic carbocycles. The Morgan fingerprint density at radius 2 is 2.05 bits per heavy atom. The molecule has 102 valence electrons. The lowest BCUT2D eigenvalue weighted by Crippen LogP contribution is -2.63. The predicted molar refractivity (Wildman–Crippen MR) is 75.0 cm³/mol. The van der Waals surface area contributed by atoms with E-state index in [0.717, 1.165) is 31.0 Å². The highest BCUT2D eigenvalue weighted by Crippen LogP contribution is 2.29. The van der Waals surface area contributed by atoms with Crippen LogP contribution in [0.2, 0.25) is 0 Å². The number of hydrogen-bond donors (Lipinski definition) is 1. The van der Waals surface area contributed by atoms with Gasteiger partial charge in [0, 0.05) is 32.0 Å². The normalized spacial score (nSPS) is 19.0. The zero-order valence-corrected chi connectivity index (χ0v) is 11.8. The highest BCUT2D eigenvalue weighted by Gasteiger charge is 2.43. The Balaban J connectivity index is 1.70. The molecule has 1 saturated heterocycles. The number of pyridine rings is 1. The fraction of sp³-hybridized carbons (Fsp3) is 0.533. The third kappa shape index (κ3) is 2.26. The first-order valence-corrected chi connectivity index (χ1v) is 6.85. The van der Waals surface area contributed by atoms with Gasteiger partial charge < -0.3 is 9.51 Å². The number of hydrogen-bond acceptors (Lipinski definition) is 3. The summed E-state index contributed by atoms with van der Waals surface area (Å²) in [7, 11) is 0. The summed E-state index contributed by atoms with van der Waals surface area (Å²) >= 11 is 0. The number of aromatic nitrogens is 2. The smallest absolute Gasteiger partial charge is 0.137 e. The molecular weight excluding hydrogens is 238 g/mol. The van der Waals surface area contributed by atoms with Gasteiger partial charge in [0.05, 0.1) is 11.3 Å². The van der Waals surface area contributed by atoms with Gasteiger partial charge >= 0.3 is 0 Å². The maximum atomic E-state index is 10.2. The Labute approximate surface area is 113 Å². The number of fused-ring (bicyclic) bond motifs is 1. The lowest BCUT2D eigenvalue weighted by Gasteiger charge is -2.48. The highest BCUT2D eigenvalue weighted by atomic mass is 16.3. The van der Waals surface area contributed by atoms with Gasteiger partial charge in [-0.3, -0.25) is 4.90 Å². The number of aryl methyl sites for hydroxylation is 1. The molecule has 0 amide bonds. The van der Waals surface area contributed by atoms with Gasteiger partial charge in [0.2, 0.25) is 0 Å². The second kappa shape index (κ2) is 4.32. The Kier molecular flexibility index (Phi) is 2.87. The SMILES string of the molecule is Cc1ccc2nc(CN3CC(O)(C(C)C)C3)cn2c1. The first-order chi connectivity index (χ1) is 8.96. The lowest BCUT2D eigenvalue weighted by atomic mass is 9.83. The van der Waals surface area contributed by atoms with Crippen molar-refractivity contribution in [3.8, 4) is 0 Å². The molecule has 0 spiro atoms. The van der Waals surface area contributed by atoms with E-state index in [4.69, 9.17) is 0 Å². The summed E-state index contributed by atoms with van der Waals surface area (Å²) in [6, 6.07) is 4.12. The van der Waals surface area contributed by atoms with Gasteiger partial charge in [0.1, 0.15) is 5.65 Å². The van der Waals surface area contributed by atoms with E-state index in [1.54, 1.807) is 0 Å². The van der Waals surface area contributed by atoms with Crippen molar-refractivity contribution in [1.82, 2.24) is 14.3 Å². The summed E-state index contributed by atoms with van der Waals surface area (Å²) in [5.41, 5.74) is 2.78. The van der Waals surface area contributed by atoms with Crippen molar-refractivity contribution in [3.05, 3.63) is 35.8 Å². The van der Waals surface area contributed by atoms with Crippen LogP contribution in [0.4, 0.5) is 0 Å². The summed E-state index contributed by atoms with van der Waals surface area (Å²) in [6.45, 7) is 8.54. The quantitative estimate of drug-likeness (QED) is 0.914. The largest absolute Gasteiger partial charge is 0.387 e. The van der Waals surface area contributed by atoms with E-state index in [1.807, 2.05) is 6.07 Å². The fourth-order valence-corrected chi connectivity index (χ4v) is 2.67. The van der Waals surface area contributed by atoms with Crippen molar-refractivity contribution in [3.63, 3.8) is 0 Å². The first-order valence-electron chi connectivity index (χ1n) is 6.85. The van der Waals surface area contributed by atoms with Gasteiger partial charge in [-0.05, 0) is 24.5 Å². The van der Waals surface area contributed by atoms with Crippen LogP contribution in [-0.2, 0) is 6.54 Å². The topological polar surface area (TPSA) is 40.8 Å². The van der Waals surface area contributed by atoms with E-state index in [1.165, 1.54) is 5.56 Å². The average molecular weight is 259 g/mol. The number of rotatable bonds is 3. The van der Waals surface area contributed by atoms with E-state index >= 15 is 0 Å². The number of aliphatic hydroxyl groups is 1. The van der Waals surface area contributed by atoms with Crippen molar-refractivity contribution in [2.75, 3.05) is 13.1 Å². The number of likely N-dealkylation sites (tertiary alicyclic amines) is 1. The third-order valence-electron chi connectivity index (χ3n) is 4.10. The molecule has 19 heavy (non-hydrogen) atoms. The zero-order chi connectivity index (χ0) is 13.6.